The van der Waals surface area contributed by atoms with Gasteiger partial charge in [0.15, 0.2) is 0 Å². The largest absolute Gasteiger partial charge is 0.0683 e. The first kappa shape index (κ1) is 29.7. The summed E-state index contributed by atoms with van der Waals surface area (Å²) in [4.78, 5) is 0. The Morgan fingerprint density at radius 1 is 0.385 bits per heavy atom. The highest BCUT2D eigenvalue weighted by Crippen LogP contribution is 2.48. The van der Waals surface area contributed by atoms with E-state index in [1.54, 1.807) is 0 Å². The van der Waals surface area contributed by atoms with Crippen LogP contribution in [0.15, 0.2) is 121 Å². The molecule has 0 spiro atoms. The van der Waals surface area contributed by atoms with Crippen LogP contribution in [-0.4, -0.2) is 0 Å². The van der Waals surface area contributed by atoms with Crippen LogP contribution in [0.2, 0.25) is 0 Å². The van der Waals surface area contributed by atoms with Crippen molar-refractivity contribution >= 4 is 0 Å². The fourth-order valence-electron chi connectivity index (χ4n) is 4.83. The molecule has 0 heterocycles. The Balaban J connectivity index is 0.000000165. The van der Waals surface area contributed by atoms with E-state index >= 15 is 0 Å². The van der Waals surface area contributed by atoms with Crippen molar-refractivity contribution in [1.29, 1.82) is 0 Å². The zero-order chi connectivity index (χ0) is 28.4. The van der Waals surface area contributed by atoms with Gasteiger partial charge in [0, 0.05) is 5.41 Å². The molecule has 5 aromatic rings. The number of fused-ring (bicyclic) bond motifs is 3. The van der Waals surface area contributed by atoms with Gasteiger partial charge in [-0.25, -0.2) is 0 Å². The van der Waals surface area contributed by atoms with E-state index in [2.05, 4.69) is 157 Å². The molecular weight excluding hydrogens is 468 g/mol. The van der Waals surface area contributed by atoms with Crippen molar-refractivity contribution in [2.24, 2.45) is 0 Å². The quantitative estimate of drug-likeness (QED) is 0.209. The van der Waals surface area contributed by atoms with Crippen LogP contribution in [0.4, 0.5) is 0 Å². The summed E-state index contributed by atoms with van der Waals surface area (Å²) in [6.45, 7) is 17.1. The van der Waals surface area contributed by atoms with Crippen LogP contribution >= 0.6 is 0 Å². The zero-order valence-corrected chi connectivity index (χ0v) is 25.0. The van der Waals surface area contributed by atoms with Crippen molar-refractivity contribution in [2.45, 2.75) is 60.8 Å². The monoisotopic (exact) mass is 512 g/mol. The van der Waals surface area contributed by atoms with Crippen LogP contribution in [0.25, 0.3) is 22.3 Å². The molecule has 0 saturated heterocycles. The van der Waals surface area contributed by atoms with E-state index in [9.17, 15) is 0 Å². The summed E-state index contributed by atoms with van der Waals surface area (Å²) in [5.41, 5.74) is 13.8. The van der Waals surface area contributed by atoms with Gasteiger partial charge in [0.25, 0.3) is 0 Å². The van der Waals surface area contributed by atoms with Crippen LogP contribution < -0.4 is 0 Å². The highest BCUT2D eigenvalue weighted by atomic mass is 14.4. The third-order valence-corrected chi connectivity index (χ3v) is 7.12. The van der Waals surface area contributed by atoms with E-state index in [1.807, 2.05) is 19.9 Å². The molecule has 6 rings (SSSR count). The normalized spacial score (nSPS) is 11.8. The zero-order valence-electron chi connectivity index (χ0n) is 25.0. The van der Waals surface area contributed by atoms with Crippen LogP contribution in [0.3, 0.4) is 0 Å². The maximum Gasteiger partial charge on any atom is 0.0158 e. The van der Waals surface area contributed by atoms with Gasteiger partial charge >= 0.3 is 0 Å². The smallest absolute Gasteiger partial charge is 0.0158 e. The SMILES string of the molecule is CC.Cc1ccc(-c2ccccc2)cc1.Cc1ccc(C)cc1.Cc1ccc2c(c1)C(C)(C)c1ccccc1-2. The molecule has 0 saturated carbocycles. The number of rotatable bonds is 1. The summed E-state index contributed by atoms with van der Waals surface area (Å²) < 4.78 is 0. The van der Waals surface area contributed by atoms with E-state index in [0.717, 1.165) is 0 Å². The minimum absolute atomic E-state index is 0.151. The van der Waals surface area contributed by atoms with Gasteiger partial charge in [0.1, 0.15) is 0 Å². The average molecular weight is 513 g/mol. The van der Waals surface area contributed by atoms with Crippen LogP contribution in [-0.2, 0) is 5.41 Å². The molecule has 0 unspecified atom stereocenters. The Labute approximate surface area is 237 Å². The molecule has 5 aromatic carbocycles. The topological polar surface area (TPSA) is 0 Å². The number of hydrogen-bond acceptors (Lipinski definition) is 0. The summed E-state index contributed by atoms with van der Waals surface area (Å²) in [6, 6.07) is 43.1. The lowest BCUT2D eigenvalue weighted by Crippen LogP contribution is -2.14. The van der Waals surface area contributed by atoms with Crippen molar-refractivity contribution in [2.75, 3.05) is 0 Å². The van der Waals surface area contributed by atoms with Crippen molar-refractivity contribution in [3.63, 3.8) is 0 Å². The predicted octanol–water partition coefficient (Wildman–Crippen LogP) is 11.3. The lowest BCUT2D eigenvalue weighted by Gasteiger charge is -2.21. The van der Waals surface area contributed by atoms with E-state index in [0.29, 0.717) is 0 Å². The molecule has 0 N–H and O–H groups in total. The van der Waals surface area contributed by atoms with Gasteiger partial charge in [-0.1, -0.05) is 171 Å². The lowest BCUT2D eigenvalue weighted by atomic mass is 9.82. The van der Waals surface area contributed by atoms with Crippen molar-refractivity contribution in [3.8, 4) is 22.3 Å². The second-order valence-corrected chi connectivity index (χ2v) is 10.6. The molecule has 0 amide bonds. The van der Waals surface area contributed by atoms with Crippen molar-refractivity contribution in [3.05, 3.63) is 155 Å². The third kappa shape index (κ3) is 7.58. The fourth-order valence-corrected chi connectivity index (χ4v) is 4.83. The molecule has 0 heteroatoms. The second-order valence-electron chi connectivity index (χ2n) is 10.6. The van der Waals surface area contributed by atoms with E-state index in [4.69, 9.17) is 0 Å². The maximum absolute atomic E-state index is 2.33. The molecule has 0 atom stereocenters. The molecule has 0 aromatic heterocycles. The number of hydrogen-bond donors (Lipinski definition) is 0. The first-order valence-electron chi connectivity index (χ1n) is 14.1. The maximum atomic E-state index is 2.33. The highest BCUT2D eigenvalue weighted by Gasteiger charge is 2.34. The van der Waals surface area contributed by atoms with Gasteiger partial charge in [0.05, 0.1) is 0 Å². The van der Waals surface area contributed by atoms with Crippen LogP contribution in [0.1, 0.15) is 61.1 Å². The van der Waals surface area contributed by atoms with E-state index < -0.39 is 0 Å². The first-order chi connectivity index (χ1) is 18.8. The lowest BCUT2D eigenvalue weighted by molar-refractivity contribution is 0.660. The molecule has 0 radical (unpaired) electrons. The molecular formula is C39H44. The standard InChI is InChI=1S/C16H16.C13H12.C8H10.C2H6/c1-11-8-9-13-12-6-4-5-7-14(12)16(2,3)15(13)10-11;1-11-7-9-13(10-8-11)12-5-3-2-4-6-12;1-7-3-5-8(2)6-4-7;1-2/h4-10H,1-3H3;2-10H,1H3;3-6H,1-2H3;1-2H3. The summed E-state index contributed by atoms with van der Waals surface area (Å²) in [5, 5.41) is 0. The molecule has 0 fully saturated rings. The van der Waals surface area contributed by atoms with E-state index in [1.165, 1.54) is 55.6 Å². The molecule has 200 valence electrons. The van der Waals surface area contributed by atoms with Gasteiger partial charge in [-0.2, -0.15) is 0 Å². The van der Waals surface area contributed by atoms with Crippen LogP contribution in [0.5, 0.6) is 0 Å². The van der Waals surface area contributed by atoms with Crippen molar-refractivity contribution < 1.29 is 0 Å². The summed E-state index contributed by atoms with van der Waals surface area (Å²) in [6.07, 6.45) is 0. The summed E-state index contributed by atoms with van der Waals surface area (Å²) >= 11 is 0. The van der Waals surface area contributed by atoms with Gasteiger partial charge in [0.2, 0.25) is 0 Å². The highest BCUT2D eigenvalue weighted by molar-refractivity contribution is 5.80. The first-order valence-corrected chi connectivity index (χ1v) is 14.1. The summed E-state index contributed by atoms with van der Waals surface area (Å²) in [7, 11) is 0. The molecule has 0 bridgehead atoms. The van der Waals surface area contributed by atoms with Gasteiger partial charge in [-0.15, -0.1) is 0 Å². The van der Waals surface area contributed by atoms with Gasteiger partial charge < -0.3 is 0 Å². The Morgan fingerprint density at radius 3 is 1.36 bits per heavy atom. The predicted molar refractivity (Wildman–Crippen MR) is 173 cm³/mol. The Bertz CT molecular complexity index is 1420. The molecule has 39 heavy (non-hydrogen) atoms. The van der Waals surface area contributed by atoms with Crippen LogP contribution in [0, 0.1) is 27.7 Å². The van der Waals surface area contributed by atoms with Gasteiger partial charge in [-0.3, -0.25) is 0 Å². The molecule has 0 aliphatic heterocycles. The van der Waals surface area contributed by atoms with Crippen molar-refractivity contribution in [1.82, 2.24) is 0 Å². The fraction of sp³-hybridized carbons (Fsp3) is 0.231. The minimum Gasteiger partial charge on any atom is -0.0683 e. The molecule has 1 aliphatic carbocycles. The Morgan fingerprint density at radius 2 is 0.795 bits per heavy atom. The molecule has 0 nitrogen and oxygen atoms in total. The second kappa shape index (κ2) is 13.8. The number of benzene rings is 5. The average Bonchev–Trinajstić information content (AvgIpc) is 3.19. The Hall–Kier alpha value is -3.90. The molecule has 1 aliphatic rings. The van der Waals surface area contributed by atoms with E-state index in [-0.39, 0.29) is 5.41 Å². The summed E-state index contributed by atoms with van der Waals surface area (Å²) in [5.74, 6) is 0. The number of aryl methyl sites for hydroxylation is 4. The third-order valence-electron chi connectivity index (χ3n) is 7.12. The van der Waals surface area contributed by atoms with Gasteiger partial charge in [-0.05, 0) is 61.1 Å². The Kier molecular flexibility index (Phi) is 10.5. The minimum atomic E-state index is 0.151.